The van der Waals surface area contributed by atoms with Crippen LogP contribution in [0.4, 0.5) is 5.69 Å². The van der Waals surface area contributed by atoms with Gasteiger partial charge in [0.05, 0.1) is 5.69 Å². The van der Waals surface area contributed by atoms with Gasteiger partial charge >= 0.3 is 0 Å². The minimum absolute atomic E-state index is 0.791. The van der Waals surface area contributed by atoms with E-state index in [-0.39, 0.29) is 0 Å². The lowest BCUT2D eigenvalue weighted by molar-refractivity contribution is 0.392. The van der Waals surface area contributed by atoms with Gasteiger partial charge in [-0.3, -0.25) is 0 Å². The first-order valence-electron chi connectivity index (χ1n) is 7.62. The monoisotopic (exact) mass is 287 g/mol. The molecule has 1 N–H and O–H groups in total. The number of nitrogens with zero attached hydrogens (tertiary/aromatic N) is 2. The van der Waals surface area contributed by atoms with Gasteiger partial charge in [0.2, 0.25) is 0 Å². The lowest BCUT2D eigenvalue weighted by Gasteiger charge is -2.21. The molecule has 0 radical (unpaired) electrons. The Kier molecular flexibility index (Phi) is 5.39. The molecular weight excluding hydrogens is 262 g/mol. The highest BCUT2D eigenvalue weighted by molar-refractivity contribution is 5.47. The molecule has 0 aliphatic carbocycles. The molecule has 0 unspecified atom stereocenters. The third-order valence-corrected chi connectivity index (χ3v) is 3.88. The van der Waals surface area contributed by atoms with Gasteiger partial charge in [-0.25, -0.2) is 0 Å². The van der Waals surface area contributed by atoms with Crippen molar-refractivity contribution in [2.45, 2.75) is 40.8 Å². The normalized spacial score (nSPS) is 10.9. The highest BCUT2D eigenvalue weighted by Gasteiger charge is 2.08. The Hall–Kier alpha value is -1.81. The molecule has 0 fully saturated rings. The lowest BCUT2D eigenvalue weighted by Crippen LogP contribution is -2.21. The number of nitrogens with one attached hydrogen (secondary N) is 1. The Bertz CT molecular complexity index is 536. The summed E-state index contributed by atoms with van der Waals surface area (Å²) in [7, 11) is 0. The first-order chi connectivity index (χ1) is 10.2. The Morgan fingerprint density at radius 1 is 1.05 bits per heavy atom. The molecule has 21 heavy (non-hydrogen) atoms. The summed E-state index contributed by atoms with van der Waals surface area (Å²) in [5.41, 5.74) is 4.71. The highest BCUT2D eigenvalue weighted by atomic mass is 16.5. The van der Waals surface area contributed by atoms with E-state index in [0.717, 1.165) is 43.2 Å². The van der Waals surface area contributed by atoms with Crippen LogP contribution in [0.3, 0.4) is 0 Å². The summed E-state index contributed by atoms with van der Waals surface area (Å²) >= 11 is 0. The van der Waals surface area contributed by atoms with Gasteiger partial charge in [0.25, 0.3) is 0 Å². The SMILES string of the molecule is CCN(CC)c1ccc(CNCc2c(C)noc2C)cc1. The number of hydrogen-bond acceptors (Lipinski definition) is 4. The summed E-state index contributed by atoms with van der Waals surface area (Å²) < 4.78 is 5.17. The van der Waals surface area contributed by atoms with Gasteiger partial charge in [0.1, 0.15) is 5.76 Å². The van der Waals surface area contributed by atoms with Crippen LogP contribution in [0.25, 0.3) is 0 Å². The molecule has 1 aromatic heterocycles. The maximum absolute atomic E-state index is 5.17. The Morgan fingerprint density at radius 3 is 2.24 bits per heavy atom. The van der Waals surface area contributed by atoms with Crippen molar-refractivity contribution >= 4 is 5.69 Å². The van der Waals surface area contributed by atoms with E-state index in [4.69, 9.17) is 4.52 Å². The van der Waals surface area contributed by atoms with E-state index in [1.165, 1.54) is 11.3 Å². The zero-order chi connectivity index (χ0) is 15.2. The molecule has 2 aromatic rings. The smallest absolute Gasteiger partial charge is 0.138 e. The van der Waals surface area contributed by atoms with E-state index in [1.807, 2.05) is 13.8 Å². The molecule has 0 saturated carbocycles. The highest BCUT2D eigenvalue weighted by Crippen LogP contribution is 2.15. The average Bonchev–Trinajstić information content (AvgIpc) is 2.82. The maximum atomic E-state index is 5.17. The molecular formula is C17H25N3O. The van der Waals surface area contributed by atoms with Crippen LogP contribution >= 0.6 is 0 Å². The Labute approximate surface area is 127 Å². The van der Waals surface area contributed by atoms with Gasteiger partial charge in [-0.15, -0.1) is 0 Å². The molecule has 1 aromatic carbocycles. The van der Waals surface area contributed by atoms with Crippen molar-refractivity contribution in [1.82, 2.24) is 10.5 Å². The average molecular weight is 287 g/mol. The molecule has 0 bridgehead atoms. The van der Waals surface area contributed by atoms with E-state index in [9.17, 15) is 0 Å². The minimum atomic E-state index is 0.791. The second-order valence-electron chi connectivity index (χ2n) is 5.25. The molecule has 4 nitrogen and oxygen atoms in total. The number of aromatic nitrogens is 1. The van der Waals surface area contributed by atoms with Crippen molar-refractivity contribution in [1.29, 1.82) is 0 Å². The van der Waals surface area contributed by atoms with E-state index in [0.29, 0.717) is 0 Å². The minimum Gasteiger partial charge on any atom is -0.372 e. The molecule has 0 saturated heterocycles. The number of anilines is 1. The largest absolute Gasteiger partial charge is 0.372 e. The topological polar surface area (TPSA) is 41.3 Å². The Morgan fingerprint density at radius 2 is 1.71 bits per heavy atom. The van der Waals surface area contributed by atoms with E-state index >= 15 is 0 Å². The van der Waals surface area contributed by atoms with Gasteiger partial charge in [-0.1, -0.05) is 17.3 Å². The quantitative estimate of drug-likeness (QED) is 0.847. The van der Waals surface area contributed by atoms with E-state index in [1.54, 1.807) is 0 Å². The third-order valence-electron chi connectivity index (χ3n) is 3.88. The van der Waals surface area contributed by atoms with Crippen LogP contribution in [0, 0.1) is 13.8 Å². The number of hydrogen-bond donors (Lipinski definition) is 1. The summed E-state index contributed by atoms with van der Waals surface area (Å²) in [4.78, 5) is 2.35. The summed E-state index contributed by atoms with van der Waals surface area (Å²) in [6.45, 7) is 12.0. The second kappa shape index (κ2) is 7.27. The molecule has 0 atom stereocenters. The van der Waals surface area contributed by atoms with Crippen molar-refractivity contribution in [3.63, 3.8) is 0 Å². The second-order valence-corrected chi connectivity index (χ2v) is 5.25. The standard InChI is InChI=1S/C17H25N3O/c1-5-20(6-2)16-9-7-15(8-10-16)11-18-12-17-13(3)19-21-14(17)4/h7-10,18H,5-6,11-12H2,1-4H3. The number of aryl methyl sites for hydroxylation is 2. The molecule has 4 heteroatoms. The molecule has 0 amide bonds. The van der Waals surface area contributed by atoms with Crippen LogP contribution in [0.1, 0.15) is 36.4 Å². The van der Waals surface area contributed by atoms with Crippen molar-refractivity contribution in [3.8, 4) is 0 Å². The van der Waals surface area contributed by atoms with Gasteiger partial charge in [-0.05, 0) is 45.4 Å². The Balaban J connectivity index is 1.89. The van der Waals surface area contributed by atoms with Crippen LogP contribution < -0.4 is 10.2 Å². The predicted molar refractivity (Wildman–Crippen MR) is 86.5 cm³/mol. The van der Waals surface area contributed by atoms with Gasteiger partial charge < -0.3 is 14.7 Å². The molecule has 0 aliphatic heterocycles. The fraction of sp³-hybridized carbons (Fsp3) is 0.471. The number of rotatable bonds is 7. The summed E-state index contributed by atoms with van der Waals surface area (Å²) in [5, 5.41) is 7.42. The summed E-state index contributed by atoms with van der Waals surface area (Å²) in [6, 6.07) is 8.77. The van der Waals surface area contributed by atoms with Crippen LogP contribution in [-0.4, -0.2) is 18.2 Å². The maximum Gasteiger partial charge on any atom is 0.138 e. The third kappa shape index (κ3) is 3.85. The van der Waals surface area contributed by atoms with Gasteiger partial charge in [0.15, 0.2) is 0 Å². The first kappa shape index (κ1) is 15.6. The summed E-state index contributed by atoms with van der Waals surface area (Å²) in [6.07, 6.45) is 0. The van der Waals surface area contributed by atoms with Crippen LogP contribution in [0.5, 0.6) is 0 Å². The van der Waals surface area contributed by atoms with Gasteiger partial charge in [0, 0.05) is 37.4 Å². The fourth-order valence-corrected chi connectivity index (χ4v) is 2.50. The molecule has 0 aliphatic rings. The molecule has 114 valence electrons. The first-order valence-corrected chi connectivity index (χ1v) is 7.62. The fourth-order valence-electron chi connectivity index (χ4n) is 2.50. The van der Waals surface area contributed by atoms with Crippen LogP contribution in [0.2, 0.25) is 0 Å². The van der Waals surface area contributed by atoms with Crippen molar-refractivity contribution in [2.24, 2.45) is 0 Å². The van der Waals surface area contributed by atoms with Crippen molar-refractivity contribution in [3.05, 3.63) is 46.8 Å². The predicted octanol–water partition coefficient (Wildman–Crippen LogP) is 3.43. The van der Waals surface area contributed by atoms with Crippen LogP contribution in [-0.2, 0) is 13.1 Å². The van der Waals surface area contributed by atoms with E-state index in [2.05, 4.69) is 53.5 Å². The van der Waals surface area contributed by atoms with Crippen LogP contribution in [0.15, 0.2) is 28.8 Å². The molecule has 0 spiro atoms. The van der Waals surface area contributed by atoms with E-state index < -0.39 is 0 Å². The molecule has 1 heterocycles. The van der Waals surface area contributed by atoms with Crippen molar-refractivity contribution < 1.29 is 4.52 Å². The molecule has 2 rings (SSSR count). The zero-order valence-corrected chi connectivity index (χ0v) is 13.4. The lowest BCUT2D eigenvalue weighted by atomic mass is 10.1. The summed E-state index contributed by atoms with van der Waals surface area (Å²) in [5.74, 6) is 0.900. The van der Waals surface area contributed by atoms with Crippen molar-refractivity contribution in [2.75, 3.05) is 18.0 Å². The number of benzene rings is 1. The zero-order valence-electron chi connectivity index (χ0n) is 13.4. The van der Waals surface area contributed by atoms with Gasteiger partial charge in [-0.2, -0.15) is 0 Å².